The summed E-state index contributed by atoms with van der Waals surface area (Å²) in [5, 5.41) is 11.8. The minimum Gasteiger partial charge on any atom is -0.481 e. The molecule has 0 spiro atoms. The van der Waals surface area contributed by atoms with Crippen LogP contribution in [0.5, 0.6) is 0 Å². The van der Waals surface area contributed by atoms with Gasteiger partial charge in [0.05, 0.1) is 6.42 Å². The second-order valence-electron chi connectivity index (χ2n) is 5.61. The predicted molar refractivity (Wildman–Crippen MR) is 69.3 cm³/mol. The lowest BCUT2D eigenvalue weighted by Gasteiger charge is -2.26. The number of hydrogen-bond donors (Lipinski definition) is 2. The molecule has 0 bridgehead atoms. The monoisotopic (exact) mass is 256 g/mol. The second kappa shape index (κ2) is 6.73. The summed E-state index contributed by atoms with van der Waals surface area (Å²) in [6.45, 7) is 1.42. The Morgan fingerprint density at radius 1 is 1.22 bits per heavy atom. The average Bonchev–Trinajstić information content (AvgIpc) is 2.64. The van der Waals surface area contributed by atoms with Gasteiger partial charge in [0.25, 0.3) is 0 Å². The number of carbonyl (C=O) groups excluding carboxylic acids is 1. The van der Waals surface area contributed by atoms with Gasteiger partial charge < -0.3 is 15.3 Å². The van der Waals surface area contributed by atoms with Gasteiger partial charge in [0.15, 0.2) is 0 Å². The van der Waals surface area contributed by atoms with Gasteiger partial charge in [0.1, 0.15) is 0 Å². The third-order valence-corrected chi connectivity index (χ3v) is 3.61. The lowest BCUT2D eigenvalue weighted by atomic mass is 9.79. The summed E-state index contributed by atoms with van der Waals surface area (Å²) in [7, 11) is 3.91. The molecule has 0 radical (unpaired) electrons. The van der Waals surface area contributed by atoms with Gasteiger partial charge in [-0.3, -0.25) is 9.59 Å². The van der Waals surface area contributed by atoms with E-state index in [0.717, 1.165) is 32.2 Å². The SMILES string of the molecule is CN(C)CCNC(=O)CC1(CC(=O)O)CCCC1. The minimum absolute atomic E-state index is 0.0139. The molecule has 2 N–H and O–H groups in total. The van der Waals surface area contributed by atoms with Crippen molar-refractivity contribution in [2.45, 2.75) is 38.5 Å². The number of rotatable bonds is 7. The van der Waals surface area contributed by atoms with Crippen molar-refractivity contribution < 1.29 is 14.7 Å². The third kappa shape index (κ3) is 5.04. The Morgan fingerprint density at radius 3 is 2.33 bits per heavy atom. The maximum absolute atomic E-state index is 11.8. The van der Waals surface area contributed by atoms with Crippen molar-refractivity contribution in [3.8, 4) is 0 Å². The lowest BCUT2D eigenvalue weighted by molar-refractivity contribution is -0.140. The van der Waals surface area contributed by atoms with Crippen LogP contribution in [0.3, 0.4) is 0 Å². The van der Waals surface area contributed by atoms with Crippen LogP contribution in [0.2, 0.25) is 0 Å². The molecule has 0 aromatic carbocycles. The highest BCUT2D eigenvalue weighted by Gasteiger charge is 2.37. The molecule has 0 unspecified atom stereocenters. The third-order valence-electron chi connectivity index (χ3n) is 3.61. The molecule has 1 fully saturated rings. The van der Waals surface area contributed by atoms with E-state index in [1.54, 1.807) is 0 Å². The van der Waals surface area contributed by atoms with Crippen molar-refractivity contribution in [3.63, 3.8) is 0 Å². The van der Waals surface area contributed by atoms with Crippen molar-refractivity contribution in [1.29, 1.82) is 0 Å². The largest absolute Gasteiger partial charge is 0.481 e. The van der Waals surface area contributed by atoms with E-state index in [0.29, 0.717) is 13.0 Å². The molecular formula is C13H24N2O3. The summed E-state index contributed by atoms with van der Waals surface area (Å²) < 4.78 is 0. The van der Waals surface area contributed by atoms with E-state index in [4.69, 9.17) is 5.11 Å². The van der Waals surface area contributed by atoms with Gasteiger partial charge in [-0.1, -0.05) is 12.8 Å². The van der Waals surface area contributed by atoms with Crippen LogP contribution >= 0.6 is 0 Å². The topological polar surface area (TPSA) is 69.6 Å². The van der Waals surface area contributed by atoms with E-state index < -0.39 is 5.97 Å². The van der Waals surface area contributed by atoms with E-state index in [9.17, 15) is 9.59 Å². The van der Waals surface area contributed by atoms with Crippen molar-refractivity contribution >= 4 is 11.9 Å². The summed E-state index contributed by atoms with van der Waals surface area (Å²) in [6.07, 6.45) is 4.28. The zero-order chi connectivity index (χ0) is 13.6. The Hall–Kier alpha value is -1.10. The van der Waals surface area contributed by atoms with Crippen LogP contribution in [-0.2, 0) is 9.59 Å². The molecule has 0 heterocycles. The van der Waals surface area contributed by atoms with E-state index in [1.165, 1.54) is 0 Å². The molecule has 0 aromatic rings. The Labute approximate surface area is 109 Å². The number of amides is 1. The maximum Gasteiger partial charge on any atom is 0.303 e. The van der Waals surface area contributed by atoms with Crippen LogP contribution in [0, 0.1) is 5.41 Å². The average molecular weight is 256 g/mol. The number of hydrogen-bond acceptors (Lipinski definition) is 3. The fraction of sp³-hybridized carbons (Fsp3) is 0.846. The van der Waals surface area contributed by atoms with Crippen LogP contribution in [0.15, 0.2) is 0 Å². The van der Waals surface area contributed by atoms with E-state index in [1.807, 2.05) is 19.0 Å². The first-order valence-electron chi connectivity index (χ1n) is 6.57. The fourth-order valence-corrected chi connectivity index (χ4v) is 2.68. The molecule has 1 aliphatic rings. The Bertz CT molecular complexity index is 297. The molecule has 5 nitrogen and oxygen atoms in total. The molecule has 1 saturated carbocycles. The molecule has 1 amide bonds. The van der Waals surface area contributed by atoms with Crippen LogP contribution in [-0.4, -0.2) is 49.1 Å². The maximum atomic E-state index is 11.8. The van der Waals surface area contributed by atoms with Gasteiger partial charge in [-0.25, -0.2) is 0 Å². The van der Waals surface area contributed by atoms with Crippen LogP contribution in [0.1, 0.15) is 38.5 Å². The summed E-state index contributed by atoms with van der Waals surface area (Å²) in [5.74, 6) is -0.807. The minimum atomic E-state index is -0.794. The molecule has 0 aromatic heterocycles. The zero-order valence-corrected chi connectivity index (χ0v) is 11.4. The van der Waals surface area contributed by atoms with E-state index in [-0.39, 0.29) is 17.7 Å². The Balaban J connectivity index is 2.41. The molecule has 0 saturated heterocycles. The normalized spacial score (nSPS) is 17.9. The number of aliphatic carboxylic acids is 1. The first-order chi connectivity index (χ1) is 8.43. The van der Waals surface area contributed by atoms with Gasteiger partial charge in [-0.05, 0) is 32.4 Å². The fourth-order valence-electron chi connectivity index (χ4n) is 2.68. The number of nitrogens with zero attached hydrogens (tertiary/aromatic N) is 1. The molecule has 18 heavy (non-hydrogen) atoms. The summed E-state index contributed by atoms with van der Waals surface area (Å²) in [6, 6.07) is 0. The van der Waals surface area contributed by atoms with Gasteiger partial charge in [-0.15, -0.1) is 0 Å². The van der Waals surface area contributed by atoms with Crippen molar-refractivity contribution in [2.75, 3.05) is 27.2 Å². The predicted octanol–water partition coefficient (Wildman–Crippen LogP) is 1.09. The molecule has 5 heteroatoms. The Morgan fingerprint density at radius 2 is 1.83 bits per heavy atom. The van der Waals surface area contributed by atoms with E-state index >= 15 is 0 Å². The van der Waals surface area contributed by atoms with Crippen molar-refractivity contribution in [2.24, 2.45) is 5.41 Å². The standard InChI is InChI=1S/C13H24N2O3/c1-15(2)8-7-14-11(16)9-13(10-12(17)18)5-3-4-6-13/h3-10H2,1-2H3,(H,14,16)(H,17,18). The highest BCUT2D eigenvalue weighted by Crippen LogP contribution is 2.43. The second-order valence-corrected chi connectivity index (χ2v) is 5.61. The highest BCUT2D eigenvalue weighted by molar-refractivity contribution is 5.78. The summed E-state index contributed by atoms with van der Waals surface area (Å²) >= 11 is 0. The lowest BCUT2D eigenvalue weighted by Crippen LogP contribution is -2.35. The smallest absolute Gasteiger partial charge is 0.303 e. The summed E-state index contributed by atoms with van der Waals surface area (Å²) in [4.78, 5) is 24.8. The number of carbonyl (C=O) groups is 2. The molecule has 1 aliphatic carbocycles. The molecule has 1 rings (SSSR count). The first-order valence-corrected chi connectivity index (χ1v) is 6.57. The molecular weight excluding hydrogens is 232 g/mol. The van der Waals surface area contributed by atoms with Crippen molar-refractivity contribution in [3.05, 3.63) is 0 Å². The van der Waals surface area contributed by atoms with E-state index in [2.05, 4.69) is 5.32 Å². The number of likely N-dealkylation sites (N-methyl/N-ethyl adjacent to an activating group) is 1. The van der Waals surface area contributed by atoms with Crippen LogP contribution in [0.25, 0.3) is 0 Å². The quantitative estimate of drug-likeness (QED) is 0.715. The Kier molecular flexibility index (Phi) is 5.59. The van der Waals surface area contributed by atoms with Crippen LogP contribution in [0.4, 0.5) is 0 Å². The number of carboxylic acids is 1. The van der Waals surface area contributed by atoms with Gasteiger partial charge in [0.2, 0.25) is 5.91 Å². The van der Waals surface area contributed by atoms with Crippen molar-refractivity contribution in [1.82, 2.24) is 10.2 Å². The molecule has 104 valence electrons. The van der Waals surface area contributed by atoms with Gasteiger partial charge in [0, 0.05) is 19.5 Å². The number of nitrogens with one attached hydrogen (secondary N) is 1. The first kappa shape index (κ1) is 15.0. The van der Waals surface area contributed by atoms with Crippen LogP contribution < -0.4 is 5.32 Å². The summed E-state index contributed by atoms with van der Waals surface area (Å²) in [5.41, 5.74) is -0.298. The number of carboxylic acid groups (broad SMARTS) is 1. The highest BCUT2D eigenvalue weighted by atomic mass is 16.4. The van der Waals surface area contributed by atoms with Gasteiger partial charge in [-0.2, -0.15) is 0 Å². The zero-order valence-electron chi connectivity index (χ0n) is 11.4. The van der Waals surface area contributed by atoms with Gasteiger partial charge >= 0.3 is 5.97 Å². The molecule has 0 atom stereocenters. The molecule has 0 aliphatic heterocycles.